The predicted octanol–water partition coefficient (Wildman–Crippen LogP) is 3.46. The first-order chi connectivity index (χ1) is 9.20. The van der Waals surface area contributed by atoms with E-state index in [2.05, 4.69) is 5.32 Å². The van der Waals surface area contributed by atoms with Crippen LogP contribution in [0, 0.1) is 0 Å². The molecule has 0 fully saturated rings. The van der Waals surface area contributed by atoms with Gasteiger partial charge in [0.25, 0.3) is 0 Å². The highest BCUT2D eigenvalue weighted by Gasteiger charge is 2.08. The summed E-state index contributed by atoms with van der Waals surface area (Å²) in [5.74, 6) is 1.64. The van der Waals surface area contributed by atoms with Gasteiger partial charge in [-0.2, -0.15) is 0 Å². The number of hydrogen-bond acceptors (Lipinski definition) is 3. The Morgan fingerprint density at radius 3 is 2.79 bits per heavy atom. The van der Waals surface area contributed by atoms with E-state index < -0.39 is 0 Å². The third-order valence-corrected chi connectivity index (χ3v) is 3.32. The topological polar surface area (TPSA) is 45.4 Å². The van der Waals surface area contributed by atoms with Gasteiger partial charge in [0, 0.05) is 18.2 Å². The summed E-state index contributed by atoms with van der Waals surface area (Å²) in [6, 6.07) is 11.7. The smallest absolute Gasteiger partial charge is 0.135 e. The molecular weight excluding hydrogens is 262 g/mol. The number of rotatable bonds is 6. The number of benzene rings is 1. The highest BCUT2D eigenvalue weighted by Crippen LogP contribution is 2.28. The molecule has 3 nitrogen and oxygen atoms in total. The van der Waals surface area contributed by atoms with Crippen LogP contribution in [0.25, 0.3) is 11.3 Å². The minimum Gasteiger partial charge on any atom is -0.460 e. The van der Waals surface area contributed by atoms with E-state index in [9.17, 15) is 0 Å². The summed E-state index contributed by atoms with van der Waals surface area (Å²) < 4.78 is 5.77. The van der Waals surface area contributed by atoms with Gasteiger partial charge in [-0.25, -0.2) is 0 Å². The van der Waals surface area contributed by atoms with Crippen LogP contribution in [-0.4, -0.2) is 17.8 Å². The fraction of sp³-hybridized carbons (Fsp3) is 0.333. The second kappa shape index (κ2) is 6.75. The third-order valence-electron chi connectivity index (χ3n) is 2.99. The zero-order valence-corrected chi connectivity index (χ0v) is 11.7. The second-order valence-electron chi connectivity index (χ2n) is 4.54. The summed E-state index contributed by atoms with van der Waals surface area (Å²) in [6.45, 7) is 2.87. The Balaban J connectivity index is 2.02. The molecule has 0 radical (unpaired) electrons. The maximum atomic E-state index is 8.84. The van der Waals surface area contributed by atoms with Crippen LogP contribution in [0.15, 0.2) is 40.8 Å². The summed E-state index contributed by atoms with van der Waals surface area (Å²) in [6.07, 6.45) is 0.734. The first-order valence-corrected chi connectivity index (χ1v) is 6.76. The Kier molecular flexibility index (Phi) is 5.02. The molecule has 0 aliphatic heterocycles. The van der Waals surface area contributed by atoms with Gasteiger partial charge >= 0.3 is 0 Å². The van der Waals surface area contributed by atoms with Crippen LogP contribution in [0.1, 0.15) is 19.1 Å². The maximum absolute atomic E-state index is 8.84. The summed E-state index contributed by atoms with van der Waals surface area (Å²) in [5.41, 5.74) is 0.902. The van der Waals surface area contributed by atoms with Crippen LogP contribution in [-0.2, 0) is 6.54 Å². The summed E-state index contributed by atoms with van der Waals surface area (Å²) in [4.78, 5) is 0. The zero-order valence-electron chi connectivity index (χ0n) is 10.9. The van der Waals surface area contributed by atoms with Crippen molar-refractivity contribution in [3.8, 4) is 11.3 Å². The molecule has 0 amide bonds. The molecular formula is C15H18ClNO2. The first-order valence-electron chi connectivity index (χ1n) is 6.38. The molecule has 1 heterocycles. The van der Waals surface area contributed by atoms with Crippen LogP contribution < -0.4 is 5.32 Å². The van der Waals surface area contributed by atoms with E-state index >= 15 is 0 Å². The first kappa shape index (κ1) is 14.1. The highest BCUT2D eigenvalue weighted by molar-refractivity contribution is 6.33. The van der Waals surface area contributed by atoms with Crippen LogP contribution in [0.4, 0.5) is 0 Å². The van der Waals surface area contributed by atoms with Gasteiger partial charge < -0.3 is 14.8 Å². The van der Waals surface area contributed by atoms with Crippen LogP contribution in [0.5, 0.6) is 0 Å². The number of aliphatic hydroxyl groups is 1. The zero-order chi connectivity index (χ0) is 13.7. The fourth-order valence-corrected chi connectivity index (χ4v) is 2.08. The van der Waals surface area contributed by atoms with Crippen molar-refractivity contribution in [2.75, 3.05) is 6.61 Å². The molecule has 0 aliphatic rings. The second-order valence-corrected chi connectivity index (χ2v) is 4.95. The van der Waals surface area contributed by atoms with E-state index in [1.165, 1.54) is 0 Å². The van der Waals surface area contributed by atoms with Crippen molar-refractivity contribution in [2.24, 2.45) is 0 Å². The molecule has 2 rings (SSSR count). The molecule has 2 N–H and O–H groups in total. The monoisotopic (exact) mass is 279 g/mol. The lowest BCUT2D eigenvalue weighted by Crippen LogP contribution is -2.26. The normalized spacial score (nSPS) is 12.6. The van der Waals surface area contributed by atoms with Gasteiger partial charge in [-0.3, -0.25) is 0 Å². The summed E-state index contributed by atoms with van der Waals surface area (Å²) in [7, 11) is 0. The Labute approximate surface area is 118 Å². The van der Waals surface area contributed by atoms with Crippen molar-refractivity contribution >= 4 is 11.6 Å². The van der Waals surface area contributed by atoms with Gasteiger partial charge in [0.05, 0.1) is 11.6 Å². The van der Waals surface area contributed by atoms with Gasteiger partial charge in [-0.05, 0) is 37.6 Å². The number of nitrogens with one attached hydrogen (secondary N) is 1. The minimum atomic E-state index is 0.192. The van der Waals surface area contributed by atoms with Gasteiger partial charge in [-0.15, -0.1) is 0 Å². The molecule has 0 saturated carbocycles. The fourth-order valence-electron chi connectivity index (χ4n) is 1.85. The average Bonchev–Trinajstić information content (AvgIpc) is 2.86. The molecule has 1 atom stereocenters. The predicted molar refractivity (Wildman–Crippen MR) is 77.2 cm³/mol. The van der Waals surface area contributed by atoms with Crippen molar-refractivity contribution in [3.05, 3.63) is 47.2 Å². The highest BCUT2D eigenvalue weighted by atomic mass is 35.5. The number of aliphatic hydroxyl groups excluding tert-OH is 1. The Hall–Kier alpha value is -1.29. The van der Waals surface area contributed by atoms with E-state index in [1.807, 2.05) is 43.3 Å². The largest absolute Gasteiger partial charge is 0.460 e. The van der Waals surface area contributed by atoms with Gasteiger partial charge in [0.15, 0.2) is 0 Å². The van der Waals surface area contributed by atoms with Crippen LogP contribution >= 0.6 is 11.6 Å². The van der Waals surface area contributed by atoms with Crippen molar-refractivity contribution in [3.63, 3.8) is 0 Å². The van der Waals surface area contributed by atoms with Crippen molar-refractivity contribution in [1.82, 2.24) is 5.32 Å². The lowest BCUT2D eigenvalue weighted by molar-refractivity contribution is 0.267. The molecule has 1 aromatic heterocycles. The molecule has 0 aliphatic carbocycles. The molecule has 0 saturated heterocycles. The van der Waals surface area contributed by atoms with E-state index in [0.29, 0.717) is 11.6 Å². The lowest BCUT2D eigenvalue weighted by atomic mass is 10.2. The molecule has 4 heteroatoms. The minimum absolute atomic E-state index is 0.192. The Bertz CT molecular complexity index is 524. The van der Waals surface area contributed by atoms with Crippen molar-refractivity contribution in [1.29, 1.82) is 0 Å². The van der Waals surface area contributed by atoms with E-state index in [4.69, 9.17) is 21.1 Å². The van der Waals surface area contributed by atoms with Crippen LogP contribution in [0.2, 0.25) is 5.02 Å². The molecule has 0 bridgehead atoms. The number of hydrogen-bond donors (Lipinski definition) is 2. The van der Waals surface area contributed by atoms with Crippen molar-refractivity contribution in [2.45, 2.75) is 25.9 Å². The van der Waals surface area contributed by atoms with E-state index in [0.717, 1.165) is 23.5 Å². The molecule has 19 heavy (non-hydrogen) atoms. The van der Waals surface area contributed by atoms with Crippen LogP contribution in [0.3, 0.4) is 0 Å². The molecule has 1 aromatic carbocycles. The quantitative estimate of drug-likeness (QED) is 0.851. The Morgan fingerprint density at radius 2 is 2.05 bits per heavy atom. The Morgan fingerprint density at radius 1 is 1.26 bits per heavy atom. The van der Waals surface area contributed by atoms with Crippen molar-refractivity contribution < 1.29 is 9.52 Å². The molecule has 0 spiro atoms. The standard InChI is InChI=1S/C15H18ClNO2/c1-11(8-9-18)17-10-12-6-7-15(19-12)13-4-2-3-5-14(13)16/h2-7,11,17-18H,8-10H2,1H3. The number of halogens is 1. The summed E-state index contributed by atoms with van der Waals surface area (Å²) in [5, 5.41) is 12.8. The number of furan rings is 1. The SMILES string of the molecule is CC(CCO)NCc1ccc(-c2ccccc2Cl)o1. The van der Waals surface area contributed by atoms with Gasteiger partial charge in [0.1, 0.15) is 11.5 Å². The molecule has 102 valence electrons. The van der Waals surface area contributed by atoms with E-state index in [-0.39, 0.29) is 12.6 Å². The van der Waals surface area contributed by atoms with Gasteiger partial charge in [0.2, 0.25) is 0 Å². The lowest BCUT2D eigenvalue weighted by Gasteiger charge is -2.10. The maximum Gasteiger partial charge on any atom is 0.135 e. The summed E-state index contributed by atoms with van der Waals surface area (Å²) >= 11 is 6.13. The average molecular weight is 280 g/mol. The third kappa shape index (κ3) is 3.83. The molecule has 2 aromatic rings. The van der Waals surface area contributed by atoms with E-state index in [1.54, 1.807) is 0 Å². The van der Waals surface area contributed by atoms with Gasteiger partial charge in [-0.1, -0.05) is 23.7 Å². The molecule has 1 unspecified atom stereocenters.